The molecule has 0 aliphatic carbocycles. The van der Waals surface area contributed by atoms with Crippen molar-refractivity contribution >= 4 is 17.5 Å². The van der Waals surface area contributed by atoms with Crippen molar-refractivity contribution in [2.75, 3.05) is 0 Å². The summed E-state index contributed by atoms with van der Waals surface area (Å²) < 4.78 is 7.41. The quantitative estimate of drug-likeness (QED) is 0.886. The van der Waals surface area contributed by atoms with Crippen LogP contribution >= 0.6 is 11.6 Å². The molecular weight excluding hydrogens is 292 g/mol. The van der Waals surface area contributed by atoms with Gasteiger partial charge in [-0.05, 0) is 38.1 Å². The summed E-state index contributed by atoms with van der Waals surface area (Å²) in [4.78, 5) is 12.0. The average molecular weight is 309 g/mol. The highest BCUT2D eigenvalue weighted by Gasteiger charge is 2.15. The van der Waals surface area contributed by atoms with E-state index in [1.807, 2.05) is 11.5 Å². The highest BCUT2D eigenvalue weighted by atomic mass is 35.5. The Hall–Kier alpha value is -2.08. The number of rotatable bonds is 6. The molecule has 0 aliphatic heterocycles. The zero-order chi connectivity index (χ0) is 15.2. The van der Waals surface area contributed by atoms with Gasteiger partial charge in [0.1, 0.15) is 12.1 Å². The summed E-state index contributed by atoms with van der Waals surface area (Å²) in [5.74, 6) is 1.10. The number of carbonyl (C=O) groups is 1. The largest absolute Gasteiger partial charge is 0.481 e. The van der Waals surface area contributed by atoms with Crippen LogP contribution in [0.3, 0.4) is 0 Å². The zero-order valence-electron chi connectivity index (χ0n) is 11.9. The molecule has 1 aromatic carbocycles. The predicted octanol–water partition coefficient (Wildman–Crippen LogP) is 2.04. The second kappa shape index (κ2) is 7.08. The van der Waals surface area contributed by atoms with E-state index >= 15 is 0 Å². The first-order valence-corrected chi connectivity index (χ1v) is 7.04. The van der Waals surface area contributed by atoms with E-state index in [1.54, 1.807) is 37.5 Å². The first-order valence-electron chi connectivity index (χ1n) is 6.66. The van der Waals surface area contributed by atoms with Crippen LogP contribution in [0.4, 0.5) is 0 Å². The van der Waals surface area contributed by atoms with Gasteiger partial charge in [-0.3, -0.25) is 4.79 Å². The van der Waals surface area contributed by atoms with Crippen LogP contribution in [0.15, 0.2) is 30.6 Å². The Bertz CT molecular complexity index is 597. The normalized spacial score (nSPS) is 12.0. The van der Waals surface area contributed by atoms with Crippen LogP contribution in [0.5, 0.6) is 5.75 Å². The van der Waals surface area contributed by atoms with Gasteiger partial charge in [0.25, 0.3) is 5.91 Å². The van der Waals surface area contributed by atoms with Gasteiger partial charge in [-0.15, -0.1) is 10.2 Å². The summed E-state index contributed by atoms with van der Waals surface area (Å²) in [7, 11) is 0. The lowest BCUT2D eigenvalue weighted by atomic mass is 10.3. The molecule has 0 unspecified atom stereocenters. The summed E-state index contributed by atoms with van der Waals surface area (Å²) in [5, 5.41) is 11.2. The van der Waals surface area contributed by atoms with Gasteiger partial charge in [0.15, 0.2) is 11.9 Å². The van der Waals surface area contributed by atoms with Crippen LogP contribution in [0.2, 0.25) is 5.02 Å². The first-order chi connectivity index (χ1) is 10.1. The Morgan fingerprint density at radius 1 is 1.43 bits per heavy atom. The smallest absolute Gasteiger partial charge is 0.261 e. The van der Waals surface area contributed by atoms with Crippen molar-refractivity contribution in [3.63, 3.8) is 0 Å². The number of benzene rings is 1. The fourth-order valence-electron chi connectivity index (χ4n) is 1.76. The minimum atomic E-state index is -0.607. The average Bonchev–Trinajstić information content (AvgIpc) is 2.94. The molecule has 21 heavy (non-hydrogen) atoms. The number of hydrogen-bond donors (Lipinski definition) is 1. The third-order valence-electron chi connectivity index (χ3n) is 2.95. The Labute approximate surface area is 128 Å². The van der Waals surface area contributed by atoms with Gasteiger partial charge in [-0.1, -0.05) is 11.6 Å². The number of nitrogens with zero attached hydrogens (tertiary/aromatic N) is 3. The summed E-state index contributed by atoms with van der Waals surface area (Å²) in [6.45, 7) is 4.76. The zero-order valence-corrected chi connectivity index (χ0v) is 12.7. The Balaban J connectivity index is 1.86. The lowest BCUT2D eigenvalue weighted by Gasteiger charge is -2.14. The molecule has 0 bridgehead atoms. The van der Waals surface area contributed by atoms with Crippen molar-refractivity contribution in [2.24, 2.45) is 0 Å². The number of nitrogens with one attached hydrogen (secondary N) is 1. The summed E-state index contributed by atoms with van der Waals surface area (Å²) in [6, 6.07) is 6.87. The minimum Gasteiger partial charge on any atom is -0.481 e. The molecule has 0 saturated carbocycles. The molecule has 1 N–H and O–H groups in total. The lowest BCUT2D eigenvalue weighted by Crippen LogP contribution is -2.36. The van der Waals surface area contributed by atoms with Crippen LogP contribution in [0.25, 0.3) is 0 Å². The highest BCUT2D eigenvalue weighted by Crippen LogP contribution is 2.16. The van der Waals surface area contributed by atoms with Gasteiger partial charge >= 0.3 is 0 Å². The third-order valence-corrected chi connectivity index (χ3v) is 3.20. The van der Waals surface area contributed by atoms with Crippen LogP contribution in [-0.2, 0) is 17.9 Å². The van der Waals surface area contributed by atoms with E-state index in [4.69, 9.17) is 16.3 Å². The van der Waals surface area contributed by atoms with Crippen LogP contribution in [-0.4, -0.2) is 26.8 Å². The van der Waals surface area contributed by atoms with Crippen molar-refractivity contribution in [3.05, 3.63) is 41.4 Å². The molecule has 112 valence electrons. The molecule has 7 heteroatoms. The highest BCUT2D eigenvalue weighted by molar-refractivity contribution is 6.30. The Kier molecular flexibility index (Phi) is 5.16. The second-order valence-electron chi connectivity index (χ2n) is 4.46. The third kappa shape index (κ3) is 4.19. The maximum Gasteiger partial charge on any atom is 0.261 e. The molecule has 6 nitrogen and oxygen atoms in total. The van der Waals surface area contributed by atoms with Gasteiger partial charge in [0.2, 0.25) is 0 Å². The number of hydrogen-bond acceptors (Lipinski definition) is 4. The first kappa shape index (κ1) is 15.3. The number of ether oxygens (including phenoxy) is 1. The van der Waals surface area contributed by atoms with Crippen molar-refractivity contribution in [1.29, 1.82) is 0 Å². The number of amides is 1. The van der Waals surface area contributed by atoms with Crippen LogP contribution in [0.1, 0.15) is 19.7 Å². The predicted molar refractivity (Wildman–Crippen MR) is 79.1 cm³/mol. The number of carbonyl (C=O) groups excluding carboxylic acids is 1. The monoisotopic (exact) mass is 308 g/mol. The summed E-state index contributed by atoms with van der Waals surface area (Å²) in [5.41, 5.74) is 0. The van der Waals surface area contributed by atoms with Crippen molar-refractivity contribution in [2.45, 2.75) is 33.0 Å². The standard InChI is InChI=1S/C14H17ClN4O2/c1-3-19-9-17-18-13(19)8-16-14(20)10(2)21-12-6-4-11(15)5-7-12/h4-7,9-10H,3,8H2,1-2H3,(H,16,20)/t10-/m0/s1. The van der Waals surface area contributed by atoms with Crippen LogP contribution < -0.4 is 10.1 Å². The molecule has 0 spiro atoms. The molecule has 0 fully saturated rings. The molecule has 0 aliphatic rings. The molecule has 1 atom stereocenters. The topological polar surface area (TPSA) is 69.0 Å². The van der Waals surface area contributed by atoms with Crippen molar-refractivity contribution < 1.29 is 9.53 Å². The van der Waals surface area contributed by atoms with Gasteiger partial charge in [-0.2, -0.15) is 0 Å². The molecule has 1 heterocycles. The molecule has 2 aromatic rings. The van der Waals surface area contributed by atoms with Gasteiger partial charge < -0.3 is 14.6 Å². The molecule has 1 amide bonds. The number of halogens is 1. The van der Waals surface area contributed by atoms with E-state index in [1.165, 1.54) is 0 Å². The van der Waals surface area contributed by atoms with E-state index in [9.17, 15) is 4.79 Å². The molecular formula is C14H17ClN4O2. The molecule has 0 saturated heterocycles. The van der Waals surface area contributed by atoms with E-state index in [2.05, 4.69) is 15.5 Å². The molecule has 2 rings (SSSR count). The van der Waals surface area contributed by atoms with Gasteiger partial charge in [-0.25, -0.2) is 0 Å². The van der Waals surface area contributed by atoms with Gasteiger partial charge in [0, 0.05) is 11.6 Å². The number of aryl methyl sites for hydroxylation is 1. The second-order valence-corrected chi connectivity index (χ2v) is 4.90. The van der Waals surface area contributed by atoms with E-state index in [0.717, 1.165) is 6.54 Å². The Morgan fingerprint density at radius 2 is 2.14 bits per heavy atom. The fraction of sp³-hybridized carbons (Fsp3) is 0.357. The maximum atomic E-state index is 12.0. The molecule has 1 aromatic heterocycles. The van der Waals surface area contributed by atoms with Crippen molar-refractivity contribution in [3.8, 4) is 5.75 Å². The van der Waals surface area contributed by atoms with E-state index in [0.29, 0.717) is 23.1 Å². The summed E-state index contributed by atoms with van der Waals surface area (Å²) >= 11 is 5.80. The maximum absolute atomic E-state index is 12.0. The Morgan fingerprint density at radius 3 is 2.81 bits per heavy atom. The van der Waals surface area contributed by atoms with Gasteiger partial charge in [0.05, 0.1) is 6.54 Å². The van der Waals surface area contributed by atoms with E-state index in [-0.39, 0.29) is 5.91 Å². The lowest BCUT2D eigenvalue weighted by molar-refractivity contribution is -0.127. The SMILES string of the molecule is CCn1cnnc1CNC(=O)[C@H](C)Oc1ccc(Cl)cc1. The number of aromatic nitrogens is 3. The fourth-order valence-corrected chi connectivity index (χ4v) is 1.89. The van der Waals surface area contributed by atoms with Crippen molar-refractivity contribution in [1.82, 2.24) is 20.1 Å². The molecule has 0 radical (unpaired) electrons. The van der Waals surface area contributed by atoms with E-state index < -0.39 is 6.10 Å². The van der Waals surface area contributed by atoms with Crippen LogP contribution in [0, 0.1) is 0 Å². The summed E-state index contributed by atoms with van der Waals surface area (Å²) in [6.07, 6.45) is 1.03. The minimum absolute atomic E-state index is 0.212.